The number of hydrogen-bond donors (Lipinski definition) is 1. The quantitative estimate of drug-likeness (QED) is 0.941. The number of carbonyl (C=O) groups is 1. The molecule has 5 heteroatoms. The van der Waals surface area contributed by atoms with E-state index in [0.717, 1.165) is 29.8 Å². The Hall–Kier alpha value is -2.69. The van der Waals surface area contributed by atoms with Crippen molar-refractivity contribution in [3.8, 4) is 0 Å². The monoisotopic (exact) mass is 307 g/mol. The van der Waals surface area contributed by atoms with Crippen LogP contribution in [0.1, 0.15) is 42.5 Å². The molecule has 1 saturated carbocycles. The first kappa shape index (κ1) is 13.9. The molecule has 1 aliphatic heterocycles. The van der Waals surface area contributed by atoms with Gasteiger partial charge in [0.1, 0.15) is 5.71 Å². The van der Waals surface area contributed by atoms with Crippen LogP contribution in [-0.2, 0) is 9.63 Å². The fraction of sp³-hybridized carbons (Fsp3) is 0.278. The average Bonchev–Trinajstić information content (AvgIpc) is 3.32. The molecule has 1 unspecified atom stereocenters. The van der Waals surface area contributed by atoms with Crippen molar-refractivity contribution in [1.82, 2.24) is 4.98 Å². The summed E-state index contributed by atoms with van der Waals surface area (Å²) in [5.41, 5.74) is 3.20. The maximum atomic E-state index is 12.4. The van der Waals surface area contributed by atoms with Crippen molar-refractivity contribution in [3.63, 3.8) is 0 Å². The van der Waals surface area contributed by atoms with E-state index >= 15 is 0 Å². The van der Waals surface area contributed by atoms with Crippen molar-refractivity contribution in [2.75, 3.05) is 5.32 Å². The van der Waals surface area contributed by atoms with Gasteiger partial charge in [0.25, 0.3) is 5.91 Å². The fourth-order valence-electron chi connectivity index (χ4n) is 2.76. The van der Waals surface area contributed by atoms with Gasteiger partial charge in [0, 0.05) is 18.5 Å². The number of anilines is 1. The molecule has 1 aromatic heterocycles. The molecule has 0 bridgehead atoms. The molecule has 116 valence electrons. The van der Waals surface area contributed by atoms with E-state index in [1.54, 1.807) is 6.20 Å². The van der Waals surface area contributed by atoms with E-state index in [1.807, 2.05) is 42.5 Å². The summed E-state index contributed by atoms with van der Waals surface area (Å²) in [6.07, 6.45) is 4.34. The maximum Gasteiger partial charge on any atom is 0.273 e. The van der Waals surface area contributed by atoms with E-state index in [1.165, 1.54) is 0 Å². The van der Waals surface area contributed by atoms with Crippen molar-refractivity contribution in [1.29, 1.82) is 0 Å². The number of aromatic nitrogens is 1. The largest absolute Gasteiger partial charge is 0.387 e. The van der Waals surface area contributed by atoms with Gasteiger partial charge in [-0.2, -0.15) is 0 Å². The van der Waals surface area contributed by atoms with Gasteiger partial charge in [-0.1, -0.05) is 35.5 Å². The summed E-state index contributed by atoms with van der Waals surface area (Å²) in [5.74, 6) is 0.267. The molecule has 5 nitrogen and oxygen atoms in total. The second kappa shape index (κ2) is 5.83. The summed E-state index contributed by atoms with van der Waals surface area (Å²) in [6.45, 7) is 0. The number of carbonyl (C=O) groups excluding carboxylic acids is 1. The predicted octanol–water partition coefficient (Wildman–Crippen LogP) is 3.42. The standard InChI is InChI=1S/C18H17N3O2/c22-18(20-14-7-4-10-19-17(14)13-8-9-13)15-11-16(23-21-15)12-5-2-1-3-6-12/h1-7,10,13,16H,8-9,11H2,(H,20,22). The third-order valence-corrected chi connectivity index (χ3v) is 4.15. The summed E-state index contributed by atoms with van der Waals surface area (Å²) in [5, 5.41) is 6.90. The van der Waals surface area contributed by atoms with Gasteiger partial charge >= 0.3 is 0 Å². The van der Waals surface area contributed by atoms with Crippen molar-refractivity contribution in [3.05, 3.63) is 59.9 Å². The Morgan fingerprint density at radius 1 is 1.13 bits per heavy atom. The number of nitrogens with one attached hydrogen (secondary N) is 1. The highest BCUT2D eigenvalue weighted by Gasteiger charge is 2.30. The highest BCUT2D eigenvalue weighted by Crippen LogP contribution is 2.42. The summed E-state index contributed by atoms with van der Waals surface area (Å²) in [6, 6.07) is 13.5. The first-order chi connectivity index (χ1) is 11.3. The molecule has 1 aromatic carbocycles. The first-order valence-electron chi connectivity index (χ1n) is 7.85. The molecule has 1 N–H and O–H groups in total. The van der Waals surface area contributed by atoms with Crippen molar-refractivity contribution in [2.24, 2.45) is 5.16 Å². The molecule has 2 aromatic rings. The molecular formula is C18H17N3O2. The van der Waals surface area contributed by atoms with E-state index < -0.39 is 0 Å². The zero-order valence-electron chi connectivity index (χ0n) is 12.6. The number of nitrogens with zero attached hydrogens (tertiary/aromatic N) is 2. The van der Waals surface area contributed by atoms with Crippen LogP contribution in [0, 0.1) is 0 Å². The SMILES string of the molecule is O=C(Nc1cccnc1C1CC1)C1=NOC(c2ccccc2)C1. The Labute approximate surface area is 134 Å². The number of pyridine rings is 1. The molecule has 1 amide bonds. The van der Waals surface area contributed by atoms with Crippen molar-refractivity contribution < 1.29 is 9.63 Å². The van der Waals surface area contributed by atoms with Gasteiger partial charge in [-0.3, -0.25) is 9.78 Å². The van der Waals surface area contributed by atoms with Gasteiger partial charge in [-0.25, -0.2) is 0 Å². The molecule has 2 heterocycles. The van der Waals surface area contributed by atoms with Crippen LogP contribution in [0.4, 0.5) is 5.69 Å². The highest BCUT2D eigenvalue weighted by molar-refractivity contribution is 6.43. The van der Waals surface area contributed by atoms with Crippen LogP contribution in [0.15, 0.2) is 53.8 Å². The second-order valence-electron chi connectivity index (χ2n) is 5.91. The molecule has 1 atom stereocenters. The van der Waals surface area contributed by atoms with Crippen molar-refractivity contribution in [2.45, 2.75) is 31.3 Å². The van der Waals surface area contributed by atoms with Gasteiger partial charge in [-0.05, 0) is 30.5 Å². The Morgan fingerprint density at radius 3 is 2.74 bits per heavy atom. The van der Waals surface area contributed by atoms with Crippen LogP contribution in [0.2, 0.25) is 0 Å². The van der Waals surface area contributed by atoms with Gasteiger partial charge in [0.2, 0.25) is 0 Å². The lowest BCUT2D eigenvalue weighted by Crippen LogP contribution is -2.22. The lowest BCUT2D eigenvalue weighted by Gasteiger charge is -2.09. The zero-order valence-corrected chi connectivity index (χ0v) is 12.6. The summed E-state index contributed by atoms with van der Waals surface area (Å²) >= 11 is 0. The van der Waals surface area contributed by atoms with E-state index in [9.17, 15) is 4.79 Å². The minimum Gasteiger partial charge on any atom is -0.387 e. The number of oxime groups is 1. The van der Waals surface area contributed by atoms with E-state index in [0.29, 0.717) is 18.1 Å². The Bertz CT molecular complexity index is 754. The molecule has 0 saturated heterocycles. The van der Waals surface area contributed by atoms with Crippen LogP contribution >= 0.6 is 0 Å². The summed E-state index contributed by atoms with van der Waals surface area (Å²) in [7, 11) is 0. The number of benzene rings is 1. The Kier molecular flexibility index (Phi) is 3.54. The third kappa shape index (κ3) is 2.95. The van der Waals surface area contributed by atoms with Crippen LogP contribution < -0.4 is 5.32 Å². The molecule has 23 heavy (non-hydrogen) atoms. The first-order valence-corrected chi connectivity index (χ1v) is 7.85. The van der Waals surface area contributed by atoms with E-state index in [2.05, 4.69) is 15.5 Å². The van der Waals surface area contributed by atoms with E-state index in [-0.39, 0.29) is 12.0 Å². The van der Waals surface area contributed by atoms with Gasteiger partial charge < -0.3 is 10.2 Å². The van der Waals surface area contributed by atoms with Crippen molar-refractivity contribution >= 4 is 17.3 Å². The molecule has 0 spiro atoms. The normalized spacial score (nSPS) is 19.8. The van der Waals surface area contributed by atoms with Gasteiger partial charge in [0.15, 0.2) is 6.10 Å². The van der Waals surface area contributed by atoms with Crippen LogP contribution in [0.25, 0.3) is 0 Å². The lowest BCUT2D eigenvalue weighted by molar-refractivity contribution is -0.110. The molecule has 4 rings (SSSR count). The fourth-order valence-corrected chi connectivity index (χ4v) is 2.76. The number of hydrogen-bond acceptors (Lipinski definition) is 4. The number of rotatable bonds is 4. The zero-order chi connectivity index (χ0) is 15.6. The second-order valence-corrected chi connectivity index (χ2v) is 5.91. The Morgan fingerprint density at radius 2 is 1.96 bits per heavy atom. The van der Waals surface area contributed by atoms with E-state index in [4.69, 9.17) is 4.84 Å². The number of amides is 1. The molecule has 2 aliphatic rings. The minimum absolute atomic E-state index is 0.186. The van der Waals surface area contributed by atoms with Gasteiger partial charge in [0.05, 0.1) is 11.4 Å². The minimum atomic E-state index is -0.210. The maximum absolute atomic E-state index is 12.4. The molecule has 0 radical (unpaired) electrons. The smallest absolute Gasteiger partial charge is 0.273 e. The summed E-state index contributed by atoms with van der Waals surface area (Å²) < 4.78 is 0. The summed E-state index contributed by atoms with van der Waals surface area (Å²) in [4.78, 5) is 22.2. The Balaban J connectivity index is 1.44. The third-order valence-electron chi connectivity index (χ3n) is 4.15. The lowest BCUT2D eigenvalue weighted by atomic mass is 10.0. The van der Waals surface area contributed by atoms with Gasteiger partial charge in [-0.15, -0.1) is 0 Å². The highest BCUT2D eigenvalue weighted by atomic mass is 16.6. The van der Waals surface area contributed by atoms with Crippen LogP contribution in [0.5, 0.6) is 0 Å². The molecule has 1 fully saturated rings. The topological polar surface area (TPSA) is 63.6 Å². The molecular weight excluding hydrogens is 290 g/mol. The van der Waals surface area contributed by atoms with Crippen LogP contribution in [-0.4, -0.2) is 16.6 Å². The van der Waals surface area contributed by atoms with Crippen LogP contribution in [0.3, 0.4) is 0 Å². The predicted molar refractivity (Wildman–Crippen MR) is 87.2 cm³/mol. The molecule has 1 aliphatic carbocycles. The average molecular weight is 307 g/mol.